The highest BCUT2D eigenvalue weighted by Crippen LogP contribution is 2.27. The van der Waals surface area contributed by atoms with Gasteiger partial charge in [-0.1, -0.05) is 41.9 Å². The fraction of sp³-hybridized carbons (Fsp3) is 0.0435. The van der Waals surface area contributed by atoms with Gasteiger partial charge >= 0.3 is 5.97 Å². The summed E-state index contributed by atoms with van der Waals surface area (Å²) in [6.07, 6.45) is 1.50. The zero-order valence-corrected chi connectivity index (χ0v) is 17.1. The molecule has 3 aromatic carbocycles. The van der Waals surface area contributed by atoms with E-state index in [4.69, 9.17) is 21.1 Å². The van der Waals surface area contributed by atoms with Crippen LogP contribution in [-0.4, -0.2) is 16.8 Å². The lowest BCUT2D eigenvalue weighted by atomic mass is 10.2. The number of cyclic esters (lactones) is 1. The van der Waals surface area contributed by atoms with E-state index in [-0.39, 0.29) is 40.3 Å². The first-order valence-corrected chi connectivity index (χ1v) is 9.71. The van der Waals surface area contributed by atoms with Crippen LogP contribution < -0.4 is 4.74 Å². The molecule has 1 aliphatic heterocycles. The summed E-state index contributed by atoms with van der Waals surface area (Å²) < 4.78 is 24.6. The van der Waals surface area contributed by atoms with Crippen LogP contribution >= 0.6 is 11.6 Å². The maximum Gasteiger partial charge on any atom is 0.363 e. The van der Waals surface area contributed by atoms with Gasteiger partial charge in [0.25, 0.3) is 5.69 Å². The van der Waals surface area contributed by atoms with E-state index >= 15 is 0 Å². The Bertz CT molecular complexity index is 1290. The summed E-state index contributed by atoms with van der Waals surface area (Å²) in [5.74, 6) is -0.608. The van der Waals surface area contributed by atoms with Crippen LogP contribution in [0.15, 0.2) is 77.4 Å². The summed E-state index contributed by atoms with van der Waals surface area (Å²) in [4.78, 5) is 26.7. The van der Waals surface area contributed by atoms with Gasteiger partial charge in [-0.05, 0) is 35.9 Å². The highest BCUT2D eigenvalue weighted by molar-refractivity contribution is 6.34. The average Bonchev–Trinajstić information content (AvgIpc) is 3.13. The van der Waals surface area contributed by atoms with E-state index in [0.717, 1.165) is 6.07 Å². The van der Waals surface area contributed by atoms with E-state index < -0.39 is 10.9 Å². The number of hydrogen-bond acceptors (Lipinski definition) is 6. The Hall–Kier alpha value is -4.04. The molecule has 3 aromatic rings. The minimum Gasteiger partial charge on any atom is -0.489 e. The topological polar surface area (TPSA) is 91.0 Å². The van der Waals surface area contributed by atoms with Gasteiger partial charge in [0.15, 0.2) is 5.70 Å². The molecule has 0 unspecified atom stereocenters. The van der Waals surface area contributed by atoms with Crippen molar-refractivity contribution < 1.29 is 23.6 Å². The van der Waals surface area contributed by atoms with Crippen LogP contribution in [0.25, 0.3) is 6.08 Å². The monoisotopic (exact) mass is 452 g/mol. The van der Waals surface area contributed by atoms with Gasteiger partial charge < -0.3 is 9.47 Å². The fourth-order valence-corrected chi connectivity index (χ4v) is 3.20. The molecule has 0 saturated carbocycles. The zero-order valence-electron chi connectivity index (χ0n) is 16.3. The highest BCUT2D eigenvalue weighted by atomic mass is 35.5. The minimum absolute atomic E-state index is 0.0284. The highest BCUT2D eigenvalue weighted by Gasteiger charge is 2.26. The fourth-order valence-electron chi connectivity index (χ4n) is 2.94. The Morgan fingerprint density at radius 3 is 2.69 bits per heavy atom. The lowest BCUT2D eigenvalue weighted by Gasteiger charge is -2.07. The summed E-state index contributed by atoms with van der Waals surface area (Å²) in [5.41, 5.74) is 1.14. The molecule has 1 aliphatic rings. The second-order valence-corrected chi connectivity index (χ2v) is 7.12. The number of benzene rings is 3. The van der Waals surface area contributed by atoms with Crippen LogP contribution in [0.4, 0.5) is 10.1 Å². The van der Waals surface area contributed by atoms with Gasteiger partial charge in [-0.2, -0.15) is 0 Å². The van der Waals surface area contributed by atoms with Gasteiger partial charge in [-0.15, -0.1) is 0 Å². The minimum atomic E-state index is -0.688. The Morgan fingerprint density at radius 2 is 1.94 bits per heavy atom. The molecular formula is C23H14ClFN2O5. The van der Waals surface area contributed by atoms with Crippen molar-refractivity contribution in [2.24, 2.45) is 4.99 Å². The lowest BCUT2D eigenvalue weighted by molar-refractivity contribution is -0.384. The molecule has 7 nitrogen and oxygen atoms in total. The SMILES string of the molecule is O=C1OC(c2ccc([N+](=O)[O-])cc2Cl)=N/C1=C\c1cccc(OCc2ccccc2F)c1. The molecule has 0 aliphatic carbocycles. The molecule has 0 aromatic heterocycles. The number of carbonyl (C=O) groups is 1. The third-order valence-electron chi connectivity index (χ3n) is 4.53. The van der Waals surface area contributed by atoms with E-state index in [1.165, 1.54) is 24.3 Å². The first-order valence-electron chi connectivity index (χ1n) is 9.34. The van der Waals surface area contributed by atoms with Gasteiger partial charge in [0.1, 0.15) is 18.2 Å². The predicted molar refractivity (Wildman–Crippen MR) is 116 cm³/mol. The number of aliphatic imine (C=N–C) groups is 1. The van der Waals surface area contributed by atoms with Crippen LogP contribution in [0.2, 0.25) is 5.02 Å². The molecule has 0 bridgehead atoms. The van der Waals surface area contributed by atoms with E-state index in [0.29, 0.717) is 16.9 Å². The predicted octanol–water partition coefficient (Wildman–Crippen LogP) is 5.31. The number of nitrogens with zero attached hydrogens (tertiary/aromatic N) is 2. The number of hydrogen-bond donors (Lipinski definition) is 0. The van der Waals surface area contributed by atoms with Gasteiger partial charge in [-0.25, -0.2) is 14.2 Å². The number of ether oxygens (including phenoxy) is 2. The first-order chi connectivity index (χ1) is 15.4. The number of nitro groups is 1. The number of rotatable bonds is 6. The quantitative estimate of drug-likeness (QED) is 0.219. The van der Waals surface area contributed by atoms with Gasteiger partial charge in [0.2, 0.25) is 5.90 Å². The van der Waals surface area contributed by atoms with Crippen molar-refractivity contribution in [1.82, 2.24) is 0 Å². The summed E-state index contributed by atoms with van der Waals surface area (Å²) in [6, 6.07) is 16.9. The third kappa shape index (κ3) is 4.65. The van der Waals surface area contributed by atoms with Crippen LogP contribution in [0.5, 0.6) is 5.75 Å². The molecule has 0 radical (unpaired) electrons. The van der Waals surface area contributed by atoms with Crippen molar-refractivity contribution in [1.29, 1.82) is 0 Å². The third-order valence-corrected chi connectivity index (χ3v) is 4.84. The van der Waals surface area contributed by atoms with Crippen molar-refractivity contribution >= 4 is 35.2 Å². The Balaban J connectivity index is 1.54. The summed E-state index contributed by atoms with van der Waals surface area (Å²) in [6.45, 7) is 0.0513. The maximum absolute atomic E-state index is 13.8. The van der Waals surface area contributed by atoms with E-state index in [1.807, 2.05) is 0 Å². The molecule has 0 N–H and O–H groups in total. The van der Waals surface area contributed by atoms with E-state index in [1.54, 1.807) is 42.5 Å². The second kappa shape index (κ2) is 8.99. The van der Waals surface area contributed by atoms with E-state index in [2.05, 4.69) is 4.99 Å². The summed E-state index contributed by atoms with van der Waals surface area (Å²) >= 11 is 6.09. The van der Waals surface area contributed by atoms with Crippen molar-refractivity contribution in [2.75, 3.05) is 0 Å². The summed E-state index contributed by atoms with van der Waals surface area (Å²) in [5, 5.41) is 10.9. The molecule has 4 rings (SSSR count). The molecule has 32 heavy (non-hydrogen) atoms. The Kier molecular flexibility index (Phi) is 5.96. The molecule has 160 valence electrons. The zero-order chi connectivity index (χ0) is 22.7. The average molecular weight is 453 g/mol. The van der Waals surface area contributed by atoms with Crippen molar-refractivity contribution in [2.45, 2.75) is 6.61 Å². The number of carbonyl (C=O) groups excluding carboxylic acids is 1. The standard InChI is InChI=1S/C23H14ClFN2O5/c24-19-12-16(27(29)30)8-9-18(19)22-26-21(23(28)32-22)11-14-4-3-6-17(10-14)31-13-15-5-1-2-7-20(15)25/h1-12H,13H2/b21-11-. The van der Waals surface area contributed by atoms with Crippen molar-refractivity contribution in [3.8, 4) is 5.75 Å². The normalized spacial score (nSPS) is 14.2. The van der Waals surface area contributed by atoms with Crippen LogP contribution in [-0.2, 0) is 16.1 Å². The van der Waals surface area contributed by atoms with Crippen LogP contribution in [0.1, 0.15) is 16.7 Å². The summed E-state index contributed by atoms with van der Waals surface area (Å²) in [7, 11) is 0. The van der Waals surface area contributed by atoms with Gasteiger partial charge in [-0.3, -0.25) is 10.1 Å². The maximum atomic E-state index is 13.8. The number of esters is 1. The number of non-ortho nitro benzene ring substituents is 1. The van der Waals surface area contributed by atoms with E-state index in [9.17, 15) is 19.3 Å². The largest absolute Gasteiger partial charge is 0.489 e. The molecule has 1 heterocycles. The number of halogens is 2. The molecular weight excluding hydrogens is 439 g/mol. The Morgan fingerprint density at radius 1 is 1.12 bits per heavy atom. The smallest absolute Gasteiger partial charge is 0.363 e. The molecule has 0 fully saturated rings. The second-order valence-electron chi connectivity index (χ2n) is 6.71. The molecule has 0 saturated heterocycles. The van der Waals surface area contributed by atoms with Crippen LogP contribution in [0, 0.1) is 15.9 Å². The molecule has 0 atom stereocenters. The lowest BCUT2D eigenvalue weighted by Crippen LogP contribution is -2.06. The van der Waals surface area contributed by atoms with Gasteiger partial charge in [0.05, 0.1) is 15.5 Å². The molecule has 0 spiro atoms. The van der Waals surface area contributed by atoms with Crippen LogP contribution in [0.3, 0.4) is 0 Å². The van der Waals surface area contributed by atoms with Gasteiger partial charge in [0, 0.05) is 17.7 Å². The molecule has 9 heteroatoms. The van der Waals surface area contributed by atoms with Crippen molar-refractivity contribution in [3.63, 3.8) is 0 Å². The van der Waals surface area contributed by atoms with Crippen molar-refractivity contribution in [3.05, 3.63) is 110 Å². The first kappa shape index (κ1) is 21.2. The Labute approximate surface area is 186 Å². The number of nitro benzene ring substituents is 1. The molecule has 0 amide bonds.